The van der Waals surface area contributed by atoms with E-state index in [1.54, 1.807) is 0 Å². The van der Waals surface area contributed by atoms with Crippen molar-refractivity contribution >= 4 is 5.97 Å². The van der Waals surface area contributed by atoms with E-state index in [4.69, 9.17) is 0 Å². The molecule has 0 saturated carbocycles. The van der Waals surface area contributed by atoms with Crippen LogP contribution in [0.5, 0.6) is 0 Å². The van der Waals surface area contributed by atoms with Gasteiger partial charge in [0, 0.05) is 50.9 Å². The number of nitrogens with zero attached hydrogens (tertiary/aromatic N) is 4. The minimum Gasteiger partial charge on any atom is -0.481 e. The van der Waals surface area contributed by atoms with Crippen molar-refractivity contribution in [2.75, 3.05) is 33.2 Å². The third-order valence-corrected chi connectivity index (χ3v) is 5.03. The molecular formula is C15H24N4O2. The lowest BCUT2D eigenvalue weighted by atomic mass is 9.75. The lowest BCUT2D eigenvalue weighted by molar-refractivity contribution is -0.150. The Bertz CT molecular complexity index is 529. The summed E-state index contributed by atoms with van der Waals surface area (Å²) >= 11 is 0. The molecular weight excluding hydrogens is 268 g/mol. The van der Waals surface area contributed by atoms with Gasteiger partial charge in [-0.15, -0.1) is 0 Å². The number of hydrogen-bond acceptors (Lipinski definition) is 4. The van der Waals surface area contributed by atoms with Gasteiger partial charge in [0.05, 0.1) is 11.6 Å². The van der Waals surface area contributed by atoms with Crippen molar-refractivity contribution in [2.24, 2.45) is 18.4 Å². The molecule has 3 rings (SSSR count). The SMILES string of the molecule is CN1C[C@@H]2CN(Cc3cnn(C)c3)CCC[C@]2(C(=O)O)C1. The molecule has 0 bridgehead atoms. The fraction of sp³-hybridized carbons (Fsp3) is 0.733. The number of carboxylic acid groups (broad SMARTS) is 1. The average Bonchev–Trinajstić information content (AvgIpc) is 2.89. The van der Waals surface area contributed by atoms with Crippen molar-refractivity contribution in [2.45, 2.75) is 19.4 Å². The smallest absolute Gasteiger partial charge is 0.311 e. The summed E-state index contributed by atoms with van der Waals surface area (Å²) in [5, 5.41) is 14.0. The van der Waals surface area contributed by atoms with E-state index in [2.05, 4.69) is 14.9 Å². The number of likely N-dealkylation sites (tertiary alicyclic amines) is 2. The largest absolute Gasteiger partial charge is 0.481 e. The summed E-state index contributed by atoms with van der Waals surface area (Å²) in [5.41, 5.74) is 0.657. The third-order valence-electron chi connectivity index (χ3n) is 5.03. The molecule has 0 aliphatic carbocycles. The average molecular weight is 292 g/mol. The molecule has 1 aromatic heterocycles. The lowest BCUT2D eigenvalue weighted by Gasteiger charge is -2.29. The van der Waals surface area contributed by atoms with Crippen LogP contribution in [0.15, 0.2) is 12.4 Å². The number of carbonyl (C=O) groups is 1. The van der Waals surface area contributed by atoms with Crippen LogP contribution in [0.4, 0.5) is 0 Å². The van der Waals surface area contributed by atoms with E-state index >= 15 is 0 Å². The van der Waals surface area contributed by atoms with E-state index in [0.29, 0.717) is 6.54 Å². The van der Waals surface area contributed by atoms with E-state index in [9.17, 15) is 9.90 Å². The molecule has 6 nitrogen and oxygen atoms in total. The number of aromatic nitrogens is 2. The Morgan fingerprint density at radius 2 is 2.29 bits per heavy atom. The fourth-order valence-electron chi connectivity index (χ4n) is 4.07. The highest BCUT2D eigenvalue weighted by Crippen LogP contribution is 2.42. The Balaban J connectivity index is 1.75. The van der Waals surface area contributed by atoms with Gasteiger partial charge in [-0.05, 0) is 26.4 Å². The first kappa shape index (κ1) is 14.5. The van der Waals surface area contributed by atoms with Gasteiger partial charge < -0.3 is 10.0 Å². The normalized spacial score (nSPS) is 31.0. The molecule has 3 heterocycles. The summed E-state index contributed by atoms with van der Waals surface area (Å²) in [6.07, 6.45) is 5.68. The summed E-state index contributed by atoms with van der Waals surface area (Å²) in [6.45, 7) is 4.28. The molecule has 2 fully saturated rings. The first-order valence-electron chi connectivity index (χ1n) is 7.61. The zero-order chi connectivity index (χ0) is 15.0. The van der Waals surface area contributed by atoms with Crippen LogP contribution in [0.2, 0.25) is 0 Å². The maximum atomic E-state index is 11.9. The maximum Gasteiger partial charge on any atom is 0.311 e. The Labute approximate surface area is 125 Å². The Kier molecular flexibility index (Phi) is 3.75. The highest BCUT2D eigenvalue weighted by Gasteiger charge is 2.52. The van der Waals surface area contributed by atoms with Crippen molar-refractivity contribution < 1.29 is 9.90 Å². The highest BCUT2D eigenvalue weighted by atomic mass is 16.4. The molecule has 0 aromatic carbocycles. The first-order chi connectivity index (χ1) is 9.99. The van der Waals surface area contributed by atoms with Crippen molar-refractivity contribution in [1.82, 2.24) is 19.6 Å². The van der Waals surface area contributed by atoms with Gasteiger partial charge in [0.2, 0.25) is 0 Å². The second-order valence-corrected chi connectivity index (χ2v) is 6.72. The number of aryl methyl sites for hydroxylation is 1. The molecule has 1 aromatic rings. The van der Waals surface area contributed by atoms with E-state index in [1.807, 2.05) is 31.2 Å². The number of fused-ring (bicyclic) bond motifs is 1. The Morgan fingerprint density at radius 3 is 2.95 bits per heavy atom. The van der Waals surface area contributed by atoms with Gasteiger partial charge in [-0.2, -0.15) is 5.10 Å². The van der Waals surface area contributed by atoms with Gasteiger partial charge >= 0.3 is 5.97 Å². The zero-order valence-corrected chi connectivity index (χ0v) is 12.8. The maximum absolute atomic E-state index is 11.9. The van der Waals surface area contributed by atoms with Crippen LogP contribution in [0.3, 0.4) is 0 Å². The molecule has 2 saturated heterocycles. The van der Waals surface area contributed by atoms with Gasteiger partial charge in [-0.1, -0.05) is 0 Å². The summed E-state index contributed by atoms with van der Waals surface area (Å²) in [7, 11) is 3.96. The summed E-state index contributed by atoms with van der Waals surface area (Å²) in [4.78, 5) is 16.4. The number of rotatable bonds is 3. The zero-order valence-electron chi connectivity index (χ0n) is 12.8. The first-order valence-corrected chi connectivity index (χ1v) is 7.61. The molecule has 116 valence electrons. The second kappa shape index (κ2) is 5.42. The molecule has 2 aliphatic heterocycles. The molecule has 0 spiro atoms. The fourth-order valence-corrected chi connectivity index (χ4v) is 4.07. The minimum atomic E-state index is -0.611. The quantitative estimate of drug-likeness (QED) is 0.886. The van der Waals surface area contributed by atoms with Crippen LogP contribution in [0.25, 0.3) is 0 Å². The Morgan fingerprint density at radius 1 is 1.48 bits per heavy atom. The molecule has 0 unspecified atom stereocenters. The molecule has 2 atom stereocenters. The topological polar surface area (TPSA) is 61.6 Å². The van der Waals surface area contributed by atoms with Crippen molar-refractivity contribution in [3.63, 3.8) is 0 Å². The molecule has 0 amide bonds. The van der Waals surface area contributed by atoms with Crippen molar-refractivity contribution in [3.05, 3.63) is 18.0 Å². The van der Waals surface area contributed by atoms with Crippen molar-refractivity contribution in [1.29, 1.82) is 0 Å². The number of hydrogen-bond donors (Lipinski definition) is 1. The van der Waals surface area contributed by atoms with E-state index < -0.39 is 11.4 Å². The van der Waals surface area contributed by atoms with Crippen LogP contribution < -0.4 is 0 Å². The molecule has 1 N–H and O–H groups in total. The van der Waals surface area contributed by atoms with Gasteiger partial charge in [0.1, 0.15) is 0 Å². The van der Waals surface area contributed by atoms with E-state index in [-0.39, 0.29) is 5.92 Å². The molecule has 0 radical (unpaired) electrons. The van der Waals surface area contributed by atoms with Crippen molar-refractivity contribution in [3.8, 4) is 0 Å². The van der Waals surface area contributed by atoms with E-state index in [1.165, 1.54) is 5.56 Å². The van der Waals surface area contributed by atoms with Gasteiger partial charge in [0.25, 0.3) is 0 Å². The number of carboxylic acids is 1. The van der Waals surface area contributed by atoms with Crippen LogP contribution in [-0.2, 0) is 18.4 Å². The minimum absolute atomic E-state index is 0.221. The predicted octanol–water partition coefficient (Wildman–Crippen LogP) is 0.648. The highest BCUT2D eigenvalue weighted by molar-refractivity contribution is 5.76. The Hall–Kier alpha value is -1.40. The van der Waals surface area contributed by atoms with Crippen LogP contribution in [0, 0.1) is 11.3 Å². The predicted molar refractivity (Wildman–Crippen MR) is 78.8 cm³/mol. The van der Waals surface area contributed by atoms with Crippen LogP contribution >= 0.6 is 0 Å². The monoisotopic (exact) mass is 292 g/mol. The molecule has 21 heavy (non-hydrogen) atoms. The van der Waals surface area contributed by atoms with Crippen LogP contribution in [0.1, 0.15) is 18.4 Å². The van der Waals surface area contributed by atoms with Gasteiger partial charge in [-0.25, -0.2) is 0 Å². The second-order valence-electron chi connectivity index (χ2n) is 6.72. The van der Waals surface area contributed by atoms with Gasteiger partial charge in [-0.3, -0.25) is 14.4 Å². The summed E-state index contributed by atoms with van der Waals surface area (Å²) in [6, 6.07) is 0. The van der Waals surface area contributed by atoms with Gasteiger partial charge in [0.15, 0.2) is 0 Å². The number of aliphatic carboxylic acids is 1. The third kappa shape index (κ3) is 2.70. The van der Waals surface area contributed by atoms with E-state index in [0.717, 1.165) is 39.0 Å². The lowest BCUT2D eigenvalue weighted by Crippen LogP contribution is -2.41. The summed E-state index contributed by atoms with van der Waals surface area (Å²) < 4.78 is 1.82. The molecule has 6 heteroatoms. The summed E-state index contributed by atoms with van der Waals surface area (Å²) in [5.74, 6) is -0.390. The molecule has 2 aliphatic rings. The standard InChI is InChI=1S/C15H24N4O2/c1-17-9-13-10-19(8-12-6-16-18(2)7-12)5-3-4-15(13,11-17)14(20)21/h6-7,13H,3-5,8-11H2,1-2H3,(H,20,21)/t13-,15+/m1/s1. The van der Waals surface area contributed by atoms with Crippen LogP contribution in [-0.4, -0.2) is 63.9 Å².